The van der Waals surface area contributed by atoms with Gasteiger partial charge in [-0.3, -0.25) is 59.2 Å². The van der Waals surface area contributed by atoms with Crippen LogP contribution in [0.25, 0.3) is 0 Å². The Kier molecular flexibility index (Phi) is 27.8. The van der Waals surface area contributed by atoms with Gasteiger partial charge in [0.2, 0.25) is 0 Å². The van der Waals surface area contributed by atoms with Crippen molar-refractivity contribution in [2.45, 2.75) is 117 Å². The minimum Gasteiger partial charge on any atom is -0.347 e. The standard InChI is InChI=1S/C23H40O59S13/c24-83(25,26)64-2-5-9(13(76-89(42,43)44)17(80-93(54,55)56)22(67-5)72-23-19(82-95(60,61)62)15(78-91(48,49)50)12(75-88(39,40)41)7(69-23)4-66-85(30,31)32)70-20-16(79-92(51,52)53)10(8(1-63-20)73-86(33,34)35)71-21-18(81-94(57,58)59)14(77-90(45,46)47)11(74-87(36,37)38)6(68-21)3-65-84(27,28)29/h5-23H,1-4H2,(H,24,25,26)(H,27,28,29)(H,30,31,32)(H,33,34,35)(H,36,37,38)(H,39,40,41)(H,42,43,44)(H,45,46,47)(H,48,49,50)(H,51,52,53)(H,54,55,56)(H,57,58,59)(H,60,61,62)/t5-,6-,7-,8-,9-,10-,11+,12-,13+,14+,15+,16+,17-,18-,19-,20-,21+,22-,23-/m1/s1. The molecule has 95 heavy (non-hydrogen) atoms. The molecule has 4 aliphatic rings. The van der Waals surface area contributed by atoms with E-state index in [1.54, 1.807) is 0 Å². The lowest BCUT2D eigenvalue weighted by atomic mass is 9.97. The van der Waals surface area contributed by atoms with E-state index in [-0.39, 0.29) is 0 Å². The predicted molar refractivity (Wildman–Crippen MR) is 263 cm³/mol. The highest BCUT2D eigenvalue weighted by Crippen LogP contribution is 2.41. The normalized spacial score (nSPS) is 32.8. The summed E-state index contributed by atoms with van der Waals surface area (Å²) in [5, 5.41) is 0. The van der Waals surface area contributed by atoms with Crippen LogP contribution in [0, 0.1) is 0 Å². The van der Waals surface area contributed by atoms with Crippen LogP contribution in [0.5, 0.6) is 0 Å². The van der Waals surface area contributed by atoms with Gasteiger partial charge in [0.15, 0.2) is 49.6 Å². The molecule has 59 nitrogen and oxygen atoms in total. The lowest BCUT2D eigenvalue weighted by molar-refractivity contribution is -0.383. The SMILES string of the molecule is O=S(=O)(O)OC[C@H]1O[C@@H](O[C@H]2[C@H](OS(=O)(=O)O)[C@@H](O[C@H]3[C@H](OS(=O)(=O)O)[C@@H](OS(=O)(=O)O)[C@@H](O[C@H]4O[C@H](COS(=O)(=O)O)[C@@H](OS(=O)(=O)O)[C@H](OS(=O)(=O)O)[C@H]4OS(=O)(=O)O)O[C@@H]3COS(=O)(=O)O)OC[C@H]2OS(=O)(=O)O)[C@H](OS(=O)(=O)O)[C@@H](OS(=O)(=O)O)[C@H]1OS(=O)(=O)O. The first kappa shape index (κ1) is 85.4. The van der Waals surface area contributed by atoms with Crippen LogP contribution in [0.4, 0.5) is 0 Å². The molecule has 4 rings (SSSR count). The Bertz CT molecular complexity index is 4260. The van der Waals surface area contributed by atoms with Crippen LogP contribution in [-0.4, -0.2) is 312 Å². The number of hydrogen-bond acceptors (Lipinski definition) is 46. The van der Waals surface area contributed by atoms with E-state index in [4.69, 9.17) is 33.2 Å². The Labute approximate surface area is 531 Å². The molecule has 4 heterocycles. The molecule has 0 amide bonds. The van der Waals surface area contributed by atoms with Crippen LogP contribution in [-0.2, 0) is 223 Å². The maximum atomic E-state index is 12.7. The Morgan fingerprint density at radius 1 is 0.232 bits per heavy atom. The Morgan fingerprint density at radius 2 is 0.442 bits per heavy atom. The van der Waals surface area contributed by atoms with E-state index in [9.17, 15) is 169 Å². The van der Waals surface area contributed by atoms with Crippen LogP contribution in [0.1, 0.15) is 0 Å². The lowest BCUT2D eigenvalue weighted by Crippen LogP contribution is -2.68. The summed E-state index contributed by atoms with van der Waals surface area (Å²) in [6.07, 6.45) is -67.2. The molecule has 564 valence electrons. The third-order valence-electron chi connectivity index (χ3n) is 10.5. The van der Waals surface area contributed by atoms with Gasteiger partial charge in [-0.2, -0.15) is 109 Å². The monoisotopic (exact) mass is 1680 g/mol. The highest BCUT2D eigenvalue weighted by Gasteiger charge is 2.62. The summed E-state index contributed by atoms with van der Waals surface area (Å²) in [4.78, 5) is 0. The van der Waals surface area contributed by atoms with Crippen LogP contribution in [0.15, 0.2) is 0 Å². The molecule has 4 saturated heterocycles. The van der Waals surface area contributed by atoms with Gasteiger partial charge in [-0.1, -0.05) is 0 Å². The van der Waals surface area contributed by atoms with E-state index < -0.39 is 278 Å². The third kappa shape index (κ3) is 31.0. The van der Waals surface area contributed by atoms with Gasteiger partial charge in [0.1, 0.15) is 67.1 Å². The molecule has 0 aromatic carbocycles. The first-order chi connectivity index (χ1) is 42.1. The van der Waals surface area contributed by atoms with Gasteiger partial charge in [-0.25, -0.2) is 54.4 Å². The fourth-order valence-corrected chi connectivity index (χ4v) is 13.8. The number of hydrogen-bond donors (Lipinski definition) is 13. The quantitative estimate of drug-likeness (QED) is 0.0262. The van der Waals surface area contributed by atoms with Gasteiger partial charge in [0.25, 0.3) is 0 Å². The summed E-state index contributed by atoms with van der Waals surface area (Å²) in [6, 6.07) is 0. The highest BCUT2D eigenvalue weighted by molar-refractivity contribution is 7.83. The summed E-state index contributed by atoms with van der Waals surface area (Å²) in [5.74, 6) is 0. The topological polar surface area (TPSA) is 891 Å². The summed E-state index contributed by atoms with van der Waals surface area (Å²) < 4.78 is 532. The summed E-state index contributed by atoms with van der Waals surface area (Å²) in [7, 11) is -82.8. The molecule has 0 aromatic rings. The average Bonchev–Trinajstić information content (AvgIpc) is 0.764. The largest absolute Gasteiger partial charge is 0.397 e. The molecule has 4 fully saturated rings. The van der Waals surface area contributed by atoms with Crippen LogP contribution >= 0.6 is 0 Å². The van der Waals surface area contributed by atoms with Gasteiger partial charge < -0.3 is 33.2 Å². The molecule has 13 N–H and O–H groups in total. The fourth-order valence-electron chi connectivity index (χ4n) is 7.93. The second-order valence-corrected chi connectivity index (χ2v) is 31.0. The molecule has 0 aromatic heterocycles. The van der Waals surface area contributed by atoms with E-state index in [1.165, 1.54) is 0 Å². The Balaban J connectivity index is 2.12. The van der Waals surface area contributed by atoms with E-state index in [2.05, 4.69) is 54.4 Å². The minimum absolute atomic E-state index is 2.02. The van der Waals surface area contributed by atoms with Gasteiger partial charge in [-0.05, 0) is 0 Å². The van der Waals surface area contributed by atoms with Crippen molar-refractivity contribution in [1.82, 2.24) is 0 Å². The van der Waals surface area contributed by atoms with Gasteiger partial charge in [0, 0.05) is 0 Å². The van der Waals surface area contributed by atoms with Crippen LogP contribution < -0.4 is 0 Å². The molecule has 0 aliphatic carbocycles. The Morgan fingerprint density at radius 3 is 0.705 bits per heavy atom. The van der Waals surface area contributed by atoms with Crippen molar-refractivity contribution in [2.24, 2.45) is 0 Å². The Hall–Kier alpha value is -1.97. The van der Waals surface area contributed by atoms with Crippen LogP contribution in [0.3, 0.4) is 0 Å². The zero-order chi connectivity index (χ0) is 73.4. The molecule has 0 radical (unpaired) electrons. The van der Waals surface area contributed by atoms with Gasteiger partial charge >= 0.3 is 135 Å². The summed E-state index contributed by atoms with van der Waals surface area (Å²) >= 11 is 0. The van der Waals surface area contributed by atoms with Gasteiger partial charge in [-0.15, -0.1) is 0 Å². The molecule has 0 bridgehead atoms. The fraction of sp³-hybridized carbons (Fsp3) is 1.00. The van der Waals surface area contributed by atoms with Crippen molar-refractivity contribution in [3.05, 3.63) is 0 Å². The maximum absolute atomic E-state index is 12.7. The lowest BCUT2D eigenvalue weighted by Gasteiger charge is -2.49. The molecule has 0 unspecified atom stereocenters. The smallest absolute Gasteiger partial charge is 0.347 e. The third-order valence-corrected chi connectivity index (χ3v) is 16.5. The maximum Gasteiger partial charge on any atom is 0.397 e. The van der Waals surface area contributed by atoms with Gasteiger partial charge in [0.05, 0.1) is 26.4 Å². The van der Waals surface area contributed by atoms with Crippen molar-refractivity contribution in [2.75, 3.05) is 26.4 Å². The predicted octanol–water partition coefficient (Wildman–Crippen LogP) is -11.4. The van der Waals surface area contributed by atoms with E-state index >= 15 is 0 Å². The molecule has 19 atom stereocenters. The van der Waals surface area contributed by atoms with Crippen molar-refractivity contribution >= 4 is 135 Å². The average molecular weight is 1680 g/mol. The zero-order valence-corrected chi connectivity index (χ0v) is 54.3. The molecular formula is C23H40O59S13. The minimum atomic E-state index is -6.68. The van der Waals surface area contributed by atoms with E-state index in [1.807, 2.05) is 0 Å². The van der Waals surface area contributed by atoms with E-state index in [0.717, 1.165) is 0 Å². The first-order valence-electron chi connectivity index (χ1n) is 22.1. The van der Waals surface area contributed by atoms with E-state index in [0.29, 0.717) is 0 Å². The molecule has 0 spiro atoms. The van der Waals surface area contributed by atoms with Crippen molar-refractivity contribution in [3.8, 4) is 0 Å². The summed E-state index contributed by atoms with van der Waals surface area (Å²) in [5.41, 5.74) is 0. The second-order valence-electron chi connectivity index (χ2n) is 17.3. The number of ether oxygens (including phenoxy) is 7. The molecule has 0 saturated carbocycles. The first-order valence-corrected chi connectivity index (χ1v) is 39.8. The van der Waals surface area contributed by atoms with Crippen LogP contribution in [0.2, 0.25) is 0 Å². The van der Waals surface area contributed by atoms with Crippen molar-refractivity contribution in [3.63, 3.8) is 0 Å². The zero-order valence-electron chi connectivity index (χ0n) is 43.7. The second kappa shape index (κ2) is 30.9. The highest BCUT2D eigenvalue weighted by atomic mass is 32.3. The summed E-state index contributed by atoms with van der Waals surface area (Å²) in [6.45, 7) is -8.61. The molecule has 4 aliphatic heterocycles. The molecule has 72 heteroatoms. The van der Waals surface area contributed by atoms with Crippen molar-refractivity contribution in [1.29, 1.82) is 0 Å². The van der Waals surface area contributed by atoms with Crippen molar-refractivity contribution < 1.29 is 256 Å². The molecular weight excluding hydrogens is 1640 g/mol. The number of rotatable bonds is 35.